The lowest BCUT2D eigenvalue weighted by molar-refractivity contribution is -0.594. The Morgan fingerprint density at radius 1 is 1.02 bits per heavy atom. The molecule has 0 aliphatic heterocycles. The zero-order valence-corrected chi connectivity index (χ0v) is 23.4. The van der Waals surface area contributed by atoms with Crippen LogP contribution in [0.2, 0.25) is 0 Å². The molecule has 0 spiro atoms. The highest BCUT2D eigenvalue weighted by atomic mass is 19.3. The molecule has 0 saturated heterocycles. The maximum absolute atomic E-state index is 14.6. The first kappa shape index (κ1) is 27.6. The summed E-state index contributed by atoms with van der Waals surface area (Å²) in [5.74, 6) is -3.98. The number of carbonyl (C=O) groups is 1. The summed E-state index contributed by atoms with van der Waals surface area (Å²) < 4.78 is 29.9. The van der Waals surface area contributed by atoms with Gasteiger partial charge in [0.05, 0.1) is 5.56 Å². The summed E-state index contributed by atoms with van der Waals surface area (Å²) in [5.41, 5.74) is 6.64. The standard InChI is InChI=1S/C33H35F2N3O2/c1-5-6-11-23-16-24(29-20(2)9-7-10-21(29)3)18-25(17-23)31-36-22(4)30(38(31)40)32(39)37-28-13-8-12-27(19-28)33(34,35)26-14-15-26/h7-10,12-13,16-19,26,36H,5-6,11,14-15H2,1-4H3,(H,37,39). The van der Waals surface area contributed by atoms with Crippen LogP contribution in [0.15, 0.2) is 60.7 Å². The number of nitrogens with one attached hydrogen (secondary N) is 2. The molecule has 1 saturated carbocycles. The molecule has 2 N–H and O–H groups in total. The summed E-state index contributed by atoms with van der Waals surface area (Å²) in [7, 11) is 0. The van der Waals surface area contributed by atoms with Gasteiger partial charge in [0.25, 0.3) is 17.7 Å². The van der Waals surface area contributed by atoms with Gasteiger partial charge in [0.1, 0.15) is 0 Å². The Morgan fingerprint density at radius 2 is 1.70 bits per heavy atom. The maximum atomic E-state index is 14.6. The van der Waals surface area contributed by atoms with Crippen molar-refractivity contribution in [3.63, 3.8) is 0 Å². The van der Waals surface area contributed by atoms with Crippen molar-refractivity contribution in [3.05, 3.63) is 99.5 Å². The van der Waals surface area contributed by atoms with Crippen LogP contribution < -0.4 is 10.0 Å². The minimum absolute atomic E-state index is 0.0954. The van der Waals surface area contributed by atoms with Crippen molar-refractivity contribution in [3.8, 4) is 22.5 Å². The van der Waals surface area contributed by atoms with Crippen LogP contribution in [0.5, 0.6) is 0 Å². The molecule has 1 heterocycles. The predicted molar refractivity (Wildman–Crippen MR) is 154 cm³/mol. The molecule has 0 radical (unpaired) electrons. The van der Waals surface area contributed by atoms with E-state index in [0.717, 1.165) is 47.1 Å². The molecular weight excluding hydrogens is 508 g/mol. The van der Waals surface area contributed by atoms with Gasteiger partial charge in [-0.1, -0.05) is 49.7 Å². The number of anilines is 1. The first-order valence-corrected chi connectivity index (χ1v) is 13.9. The quantitative estimate of drug-likeness (QED) is 0.166. The van der Waals surface area contributed by atoms with Gasteiger partial charge in [-0.25, -0.2) is 18.5 Å². The average Bonchev–Trinajstić information content (AvgIpc) is 3.73. The molecule has 1 aromatic heterocycles. The number of carbonyl (C=O) groups excluding carboxylic acids is 1. The van der Waals surface area contributed by atoms with E-state index in [1.54, 1.807) is 13.0 Å². The minimum atomic E-state index is -2.94. The second kappa shape index (κ2) is 10.9. The Labute approximate surface area is 233 Å². The van der Waals surface area contributed by atoms with E-state index in [1.165, 1.54) is 18.2 Å². The average molecular weight is 544 g/mol. The Morgan fingerprint density at radius 3 is 2.38 bits per heavy atom. The van der Waals surface area contributed by atoms with Crippen molar-refractivity contribution in [2.24, 2.45) is 5.92 Å². The SMILES string of the molecule is CCCCc1cc(-c2c(C)cccc2C)cc(-c2[nH]c(C)c(C(=O)Nc3cccc(C(F)(F)C4CC4)c3)[n+]2[O-])c1. The normalized spacial score (nSPS) is 13.4. The van der Waals surface area contributed by atoms with E-state index in [2.05, 4.69) is 49.3 Å². The molecule has 0 bridgehead atoms. The van der Waals surface area contributed by atoms with Gasteiger partial charge in [-0.3, -0.25) is 4.79 Å². The van der Waals surface area contributed by atoms with Crippen molar-refractivity contribution < 1.29 is 18.3 Å². The number of hydrogen-bond acceptors (Lipinski definition) is 2. The van der Waals surface area contributed by atoms with E-state index in [4.69, 9.17) is 0 Å². The van der Waals surface area contributed by atoms with Crippen molar-refractivity contribution in [2.45, 2.75) is 65.7 Å². The van der Waals surface area contributed by atoms with Gasteiger partial charge in [0, 0.05) is 24.1 Å². The highest BCUT2D eigenvalue weighted by Gasteiger charge is 2.48. The van der Waals surface area contributed by atoms with Crippen LogP contribution in [0.4, 0.5) is 14.5 Å². The Bertz CT molecular complexity index is 1550. The molecule has 208 valence electrons. The number of alkyl halides is 2. The van der Waals surface area contributed by atoms with Crippen molar-refractivity contribution in [1.29, 1.82) is 0 Å². The maximum Gasteiger partial charge on any atom is 0.300 e. The number of rotatable bonds is 9. The third-order valence-corrected chi connectivity index (χ3v) is 7.73. The zero-order chi connectivity index (χ0) is 28.6. The fourth-order valence-corrected chi connectivity index (χ4v) is 5.45. The molecule has 7 heteroatoms. The number of aromatic amines is 1. The minimum Gasteiger partial charge on any atom is -0.710 e. The number of amides is 1. The zero-order valence-electron chi connectivity index (χ0n) is 23.4. The highest BCUT2D eigenvalue weighted by molar-refractivity contribution is 6.02. The number of aromatic nitrogens is 2. The topological polar surface area (TPSA) is 71.8 Å². The number of unbranched alkanes of at least 4 members (excludes halogenated alkanes) is 1. The summed E-state index contributed by atoms with van der Waals surface area (Å²) in [6, 6.07) is 18.1. The highest BCUT2D eigenvalue weighted by Crippen LogP contribution is 2.49. The second-order valence-electron chi connectivity index (χ2n) is 11.0. The molecule has 0 atom stereocenters. The summed E-state index contributed by atoms with van der Waals surface area (Å²) >= 11 is 0. The molecule has 3 aromatic carbocycles. The predicted octanol–water partition coefficient (Wildman–Crippen LogP) is 8.00. The first-order valence-electron chi connectivity index (χ1n) is 13.9. The van der Waals surface area contributed by atoms with E-state index in [9.17, 15) is 18.8 Å². The van der Waals surface area contributed by atoms with Gasteiger partial charge in [-0.15, -0.1) is 0 Å². The lowest BCUT2D eigenvalue weighted by atomic mass is 9.92. The lowest BCUT2D eigenvalue weighted by Gasteiger charge is -2.17. The molecule has 1 aliphatic rings. The largest absolute Gasteiger partial charge is 0.710 e. The van der Waals surface area contributed by atoms with Crippen LogP contribution in [-0.4, -0.2) is 10.9 Å². The third kappa shape index (κ3) is 5.37. The van der Waals surface area contributed by atoms with E-state index in [1.807, 2.05) is 18.2 Å². The number of aryl methyl sites for hydroxylation is 4. The lowest BCUT2D eigenvalue weighted by Crippen LogP contribution is -2.36. The van der Waals surface area contributed by atoms with E-state index in [0.29, 0.717) is 28.8 Å². The number of benzene rings is 3. The number of halogens is 2. The summed E-state index contributed by atoms with van der Waals surface area (Å²) in [5, 5.41) is 16.2. The number of hydrogen-bond donors (Lipinski definition) is 2. The fourth-order valence-electron chi connectivity index (χ4n) is 5.45. The fraction of sp³-hybridized carbons (Fsp3) is 0.333. The molecule has 1 aliphatic carbocycles. The summed E-state index contributed by atoms with van der Waals surface area (Å²) in [4.78, 5) is 16.4. The molecule has 5 nitrogen and oxygen atoms in total. The van der Waals surface area contributed by atoms with Gasteiger partial charge < -0.3 is 10.5 Å². The molecule has 5 rings (SSSR count). The van der Waals surface area contributed by atoms with Gasteiger partial charge in [0.15, 0.2) is 5.69 Å². The summed E-state index contributed by atoms with van der Waals surface area (Å²) in [6.45, 7) is 7.96. The first-order chi connectivity index (χ1) is 19.1. The number of H-pyrrole nitrogens is 1. The van der Waals surface area contributed by atoms with Gasteiger partial charge in [-0.05, 0) is 91.6 Å². The number of nitrogens with zero attached hydrogens (tertiary/aromatic N) is 1. The van der Waals surface area contributed by atoms with Gasteiger partial charge >= 0.3 is 0 Å². The Kier molecular flexibility index (Phi) is 7.49. The number of imidazole rings is 1. The van der Waals surface area contributed by atoms with Crippen LogP contribution in [-0.2, 0) is 12.3 Å². The molecule has 1 fully saturated rings. The second-order valence-corrected chi connectivity index (χ2v) is 11.0. The Hall–Kier alpha value is -4.00. The van der Waals surface area contributed by atoms with Crippen molar-refractivity contribution in [1.82, 2.24) is 4.98 Å². The van der Waals surface area contributed by atoms with Crippen LogP contribution in [0.1, 0.15) is 71.0 Å². The molecular formula is C33H35F2N3O2. The summed E-state index contributed by atoms with van der Waals surface area (Å²) in [6.07, 6.45) is 3.93. The van der Waals surface area contributed by atoms with Crippen LogP contribution in [0.25, 0.3) is 22.5 Å². The molecule has 40 heavy (non-hydrogen) atoms. The molecule has 0 unspecified atom stereocenters. The van der Waals surface area contributed by atoms with Crippen molar-refractivity contribution in [2.75, 3.05) is 5.32 Å². The van der Waals surface area contributed by atoms with Crippen LogP contribution in [0, 0.1) is 31.9 Å². The monoisotopic (exact) mass is 543 g/mol. The van der Waals surface area contributed by atoms with Crippen LogP contribution in [0.3, 0.4) is 0 Å². The smallest absolute Gasteiger partial charge is 0.300 e. The van der Waals surface area contributed by atoms with E-state index >= 15 is 0 Å². The van der Waals surface area contributed by atoms with E-state index in [-0.39, 0.29) is 22.8 Å². The van der Waals surface area contributed by atoms with Crippen LogP contribution >= 0.6 is 0 Å². The third-order valence-electron chi connectivity index (χ3n) is 7.73. The molecule has 4 aromatic rings. The van der Waals surface area contributed by atoms with E-state index < -0.39 is 17.7 Å². The molecule has 1 amide bonds. The Balaban J connectivity index is 1.50. The van der Waals surface area contributed by atoms with Gasteiger partial charge in [0.2, 0.25) is 5.69 Å². The van der Waals surface area contributed by atoms with Gasteiger partial charge in [-0.2, -0.15) is 0 Å². The van der Waals surface area contributed by atoms with Crippen molar-refractivity contribution >= 4 is 11.6 Å².